The van der Waals surface area contributed by atoms with E-state index in [1.807, 2.05) is 23.1 Å². The molecule has 136 valence electrons. The number of carbonyl (C=O) groups is 1. The monoisotopic (exact) mass is 358 g/mol. The van der Waals surface area contributed by atoms with Crippen molar-refractivity contribution in [1.29, 1.82) is 0 Å². The van der Waals surface area contributed by atoms with E-state index in [9.17, 15) is 4.79 Å². The van der Waals surface area contributed by atoms with E-state index in [0.717, 1.165) is 24.1 Å². The summed E-state index contributed by atoms with van der Waals surface area (Å²) in [6, 6.07) is 18.1. The number of anilines is 2. The number of aromatic nitrogens is 2. The van der Waals surface area contributed by atoms with Crippen LogP contribution < -0.4 is 10.2 Å². The van der Waals surface area contributed by atoms with Crippen molar-refractivity contribution < 1.29 is 4.79 Å². The van der Waals surface area contributed by atoms with E-state index in [1.165, 1.54) is 11.1 Å². The molecule has 1 aliphatic heterocycles. The molecule has 0 atom stereocenters. The molecule has 1 aliphatic rings. The molecule has 0 radical (unpaired) electrons. The van der Waals surface area contributed by atoms with Gasteiger partial charge in [0.05, 0.1) is 0 Å². The van der Waals surface area contributed by atoms with Gasteiger partial charge in [-0.05, 0) is 43.0 Å². The van der Waals surface area contributed by atoms with Crippen LogP contribution in [0.4, 0.5) is 11.6 Å². The van der Waals surface area contributed by atoms with Crippen LogP contribution in [0.5, 0.6) is 0 Å². The first kappa shape index (κ1) is 17.2. The predicted octanol–water partition coefficient (Wildman–Crippen LogP) is 3.99. The summed E-state index contributed by atoms with van der Waals surface area (Å²) >= 11 is 0. The minimum absolute atomic E-state index is 0.0806. The fourth-order valence-corrected chi connectivity index (χ4v) is 3.33. The molecule has 4 rings (SSSR count). The molecule has 0 unspecified atom stereocenters. The van der Waals surface area contributed by atoms with Gasteiger partial charge in [-0.25, -0.2) is 9.97 Å². The van der Waals surface area contributed by atoms with Crippen molar-refractivity contribution in [2.45, 2.75) is 26.3 Å². The number of nitrogens with zero attached hydrogens (tertiary/aromatic N) is 3. The number of fused-ring (bicyclic) bond motifs is 1. The standard InChI is InChI=1S/C22H22N4O/c1-16-8-10-17(11-9-16)15-24-22-23-13-12-19(25-22)21(27)26-14-4-6-18-5-2-3-7-20(18)26/h2-3,5,7-13H,4,6,14-15H2,1H3,(H,23,24,25). The van der Waals surface area contributed by atoms with Crippen LogP contribution in [0.25, 0.3) is 0 Å². The third kappa shape index (κ3) is 3.82. The maximum Gasteiger partial charge on any atom is 0.277 e. The van der Waals surface area contributed by atoms with Crippen LogP contribution in [0.2, 0.25) is 0 Å². The molecule has 1 aromatic heterocycles. The first-order chi connectivity index (χ1) is 13.2. The summed E-state index contributed by atoms with van der Waals surface area (Å²) in [7, 11) is 0. The van der Waals surface area contributed by atoms with Gasteiger partial charge in [-0.3, -0.25) is 4.79 Å². The number of aryl methyl sites for hydroxylation is 2. The Morgan fingerprint density at radius 3 is 2.78 bits per heavy atom. The van der Waals surface area contributed by atoms with E-state index < -0.39 is 0 Å². The molecule has 2 heterocycles. The van der Waals surface area contributed by atoms with Crippen molar-refractivity contribution in [3.8, 4) is 0 Å². The number of carbonyl (C=O) groups excluding carboxylic acids is 1. The highest BCUT2D eigenvalue weighted by molar-refractivity contribution is 6.05. The maximum absolute atomic E-state index is 13.0. The molecule has 27 heavy (non-hydrogen) atoms. The summed E-state index contributed by atoms with van der Waals surface area (Å²) < 4.78 is 0. The number of para-hydroxylation sites is 1. The van der Waals surface area contributed by atoms with Crippen molar-refractivity contribution >= 4 is 17.5 Å². The average Bonchev–Trinajstić information content (AvgIpc) is 2.72. The Morgan fingerprint density at radius 2 is 1.93 bits per heavy atom. The lowest BCUT2D eigenvalue weighted by molar-refractivity contribution is 0.0980. The summed E-state index contributed by atoms with van der Waals surface area (Å²) in [5, 5.41) is 3.20. The summed E-state index contributed by atoms with van der Waals surface area (Å²) in [4.78, 5) is 23.5. The SMILES string of the molecule is Cc1ccc(CNc2nccc(C(=O)N3CCCc4ccccc43)n2)cc1. The lowest BCUT2D eigenvalue weighted by Gasteiger charge is -2.29. The van der Waals surface area contributed by atoms with Gasteiger partial charge in [-0.2, -0.15) is 0 Å². The number of hydrogen-bond donors (Lipinski definition) is 1. The molecule has 0 saturated carbocycles. The van der Waals surface area contributed by atoms with Crippen LogP contribution in [0.15, 0.2) is 60.8 Å². The first-order valence-electron chi connectivity index (χ1n) is 9.23. The fraction of sp³-hybridized carbons (Fsp3) is 0.227. The lowest BCUT2D eigenvalue weighted by Crippen LogP contribution is -2.36. The molecule has 0 aliphatic carbocycles. The van der Waals surface area contributed by atoms with Crippen LogP contribution >= 0.6 is 0 Å². The number of hydrogen-bond acceptors (Lipinski definition) is 4. The molecule has 3 aromatic rings. The molecule has 0 spiro atoms. The minimum Gasteiger partial charge on any atom is -0.350 e. The largest absolute Gasteiger partial charge is 0.350 e. The number of benzene rings is 2. The third-order valence-electron chi connectivity index (χ3n) is 4.80. The topological polar surface area (TPSA) is 58.1 Å². The summed E-state index contributed by atoms with van der Waals surface area (Å²) in [6.07, 6.45) is 3.60. The van der Waals surface area contributed by atoms with Crippen LogP contribution in [-0.2, 0) is 13.0 Å². The molecule has 0 fully saturated rings. The summed E-state index contributed by atoms with van der Waals surface area (Å²) in [5.41, 5.74) is 4.98. The molecular formula is C22H22N4O. The van der Waals surface area contributed by atoms with Crippen LogP contribution in [-0.4, -0.2) is 22.4 Å². The van der Waals surface area contributed by atoms with Gasteiger partial charge in [0.1, 0.15) is 5.69 Å². The second-order valence-corrected chi connectivity index (χ2v) is 6.79. The van der Waals surface area contributed by atoms with Crippen molar-refractivity contribution in [2.24, 2.45) is 0 Å². The van der Waals surface area contributed by atoms with Crippen molar-refractivity contribution in [3.63, 3.8) is 0 Å². The van der Waals surface area contributed by atoms with Gasteiger partial charge in [0.25, 0.3) is 5.91 Å². The zero-order valence-corrected chi connectivity index (χ0v) is 15.4. The Morgan fingerprint density at radius 1 is 1.11 bits per heavy atom. The van der Waals surface area contributed by atoms with E-state index in [-0.39, 0.29) is 5.91 Å². The van der Waals surface area contributed by atoms with Crippen LogP contribution in [0.1, 0.15) is 33.6 Å². The normalized spacial score (nSPS) is 13.1. The van der Waals surface area contributed by atoms with E-state index >= 15 is 0 Å². The summed E-state index contributed by atoms with van der Waals surface area (Å²) in [5.74, 6) is 0.384. The average molecular weight is 358 g/mol. The number of rotatable bonds is 4. The van der Waals surface area contributed by atoms with Crippen molar-refractivity contribution in [2.75, 3.05) is 16.8 Å². The minimum atomic E-state index is -0.0806. The molecule has 1 amide bonds. The molecule has 5 heteroatoms. The van der Waals surface area contributed by atoms with E-state index in [4.69, 9.17) is 0 Å². The lowest BCUT2D eigenvalue weighted by atomic mass is 10.0. The molecule has 0 bridgehead atoms. The second kappa shape index (κ2) is 7.58. The van der Waals surface area contributed by atoms with Gasteiger partial charge >= 0.3 is 0 Å². The zero-order chi connectivity index (χ0) is 18.6. The fourth-order valence-electron chi connectivity index (χ4n) is 3.33. The smallest absolute Gasteiger partial charge is 0.277 e. The Labute approximate surface area is 159 Å². The van der Waals surface area contributed by atoms with E-state index in [0.29, 0.717) is 24.7 Å². The second-order valence-electron chi connectivity index (χ2n) is 6.79. The number of nitrogens with one attached hydrogen (secondary N) is 1. The highest BCUT2D eigenvalue weighted by Crippen LogP contribution is 2.27. The predicted molar refractivity (Wildman–Crippen MR) is 107 cm³/mol. The molecular weight excluding hydrogens is 336 g/mol. The molecule has 0 saturated heterocycles. The van der Waals surface area contributed by atoms with Crippen molar-refractivity contribution in [3.05, 3.63) is 83.2 Å². The maximum atomic E-state index is 13.0. The van der Waals surface area contributed by atoms with Crippen LogP contribution in [0, 0.1) is 6.92 Å². The van der Waals surface area contributed by atoms with Gasteiger partial charge in [-0.15, -0.1) is 0 Å². The Kier molecular flexibility index (Phi) is 4.83. The van der Waals surface area contributed by atoms with Crippen LogP contribution in [0.3, 0.4) is 0 Å². The molecule has 2 aromatic carbocycles. The van der Waals surface area contributed by atoms with Crippen molar-refractivity contribution in [1.82, 2.24) is 9.97 Å². The van der Waals surface area contributed by atoms with Gasteiger partial charge in [-0.1, -0.05) is 48.0 Å². The van der Waals surface area contributed by atoms with Gasteiger partial charge in [0, 0.05) is 25.0 Å². The van der Waals surface area contributed by atoms with E-state index in [2.05, 4.69) is 52.5 Å². The third-order valence-corrected chi connectivity index (χ3v) is 4.80. The Balaban J connectivity index is 1.51. The zero-order valence-electron chi connectivity index (χ0n) is 15.4. The Hall–Kier alpha value is -3.21. The van der Waals surface area contributed by atoms with Gasteiger partial charge < -0.3 is 10.2 Å². The Bertz CT molecular complexity index is 953. The molecule has 5 nitrogen and oxygen atoms in total. The molecule has 1 N–H and O–H groups in total. The highest BCUT2D eigenvalue weighted by Gasteiger charge is 2.24. The number of amides is 1. The summed E-state index contributed by atoms with van der Waals surface area (Å²) in [6.45, 7) is 3.39. The van der Waals surface area contributed by atoms with E-state index in [1.54, 1.807) is 12.3 Å². The first-order valence-corrected chi connectivity index (χ1v) is 9.23. The quantitative estimate of drug-likeness (QED) is 0.766. The van der Waals surface area contributed by atoms with Gasteiger partial charge in [0.2, 0.25) is 5.95 Å². The van der Waals surface area contributed by atoms with Gasteiger partial charge in [0.15, 0.2) is 0 Å². The highest BCUT2D eigenvalue weighted by atomic mass is 16.2.